The topological polar surface area (TPSA) is 56.7 Å². The fraction of sp³-hybridized carbons (Fsp3) is 0.200. The molecule has 20 heavy (non-hydrogen) atoms. The van der Waals surface area contributed by atoms with Gasteiger partial charge in [0, 0.05) is 28.5 Å². The van der Waals surface area contributed by atoms with Gasteiger partial charge in [0.15, 0.2) is 0 Å². The first-order valence-electron chi connectivity index (χ1n) is 6.56. The summed E-state index contributed by atoms with van der Waals surface area (Å²) in [6.07, 6.45) is 4.62. The fourth-order valence-electron chi connectivity index (χ4n) is 2.36. The molecule has 0 bridgehead atoms. The van der Waals surface area contributed by atoms with E-state index in [1.165, 1.54) is 0 Å². The summed E-state index contributed by atoms with van der Waals surface area (Å²) in [5.74, 6) is 0.897. The van der Waals surface area contributed by atoms with Crippen LogP contribution in [0.1, 0.15) is 13.3 Å². The van der Waals surface area contributed by atoms with Crippen LogP contribution in [0.25, 0.3) is 22.4 Å². The molecule has 4 nitrogen and oxygen atoms in total. The number of rotatable bonds is 3. The lowest BCUT2D eigenvalue weighted by molar-refractivity contribution is 0.704. The molecule has 3 aromatic rings. The zero-order valence-electron chi connectivity index (χ0n) is 11.2. The van der Waals surface area contributed by atoms with E-state index in [9.17, 15) is 0 Å². The molecule has 0 radical (unpaired) electrons. The summed E-state index contributed by atoms with van der Waals surface area (Å²) in [4.78, 5) is 8.85. The van der Waals surface area contributed by atoms with Crippen molar-refractivity contribution in [3.05, 3.63) is 41.1 Å². The standard InChI is InChI=1S/C15H15BrN4/c1-2-7-20-14-5-6-18-9-13(14)19-15(20)11-8-10(16)3-4-12(11)17/h3-6,8-9H,2,7,17H2,1H3. The lowest BCUT2D eigenvalue weighted by atomic mass is 10.1. The van der Waals surface area contributed by atoms with Crippen LogP contribution in [-0.2, 0) is 6.54 Å². The largest absolute Gasteiger partial charge is 0.398 e. The molecule has 0 saturated carbocycles. The molecular formula is C15H15BrN4. The lowest BCUT2D eigenvalue weighted by Gasteiger charge is -2.10. The zero-order valence-corrected chi connectivity index (χ0v) is 12.8. The Bertz CT molecular complexity index is 764. The second-order valence-corrected chi connectivity index (χ2v) is 5.60. The molecule has 0 amide bonds. The maximum absolute atomic E-state index is 6.12. The van der Waals surface area contributed by atoms with Gasteiger partial charge in [0.05, 0.1) is 11.7 Å². The Balaban J connectivity index is 2.29. The van der Waals surface area contributed by atoms with Crippen LogP contribution in [0.4, 0.5) is 5.69 Å². The van der Waals surface area contributed by atoms with Gasteiger partial charge >= 0.3 is 0 Å². The molecule has 0 saturated heterocycles. The number of imidazole rings is 1. The van der Waals surface area contributed by atoms with Crippen LogP contribution in [0, 0.1) is 0 Å². The van der Waals surface area contributed by atoms with Gasteiger partial charge in [0.2, 0.25) is 0 Å². The normalized spacial score (nSPS) is 11.1. The van der Waals surface area contributed by atoms with Gasteiger partial charge in [-0.3, -0.25) is 4.98 Å². The highest BCUT2D eigenvalue weighted by atomic mass is 79.9. The van der Waals surface area contributed by atoms with Crippen molar-refractivity contribution in [2.45, 2.75) is 19.9 Å². The van der Waals surface area contributed by atoms with E-state index in [1.54, 1.807) is 12.4 Å². The van der Waals surface area contributed by atoms with Gasteiger partial charge in [-0.1, -0.05) is 22.9 Å². The van der Waals surface area contributed by atoms with Crippen LogP contribution < -0.4 is 5.73 Å². The minimum absolute atomic E-state index is 0.730. The zero-order chi connectivity index (χ0) is 14.1. The molecule has 0 aliphatic carbocycles. The number of nitrogens with two attached hydrogens (primary N) is 1. The maximum Gasteiger partial charge on any atom is 0.143 e. The van der Waals surface area contributed by atoms with E-state index in [0.29, 0.717) is 0 Å². The van der Waals surface area contributed by atoms with Crippen molar-refractivity contribution in [1.29, 1.82) is 0 Å². The molecule has 5 heteroatoms. The van der Waals surface area contributed by atoms with Crippen molar-refractivity contribution in [3.8, 4) is 11.4 Å². The number of fused-ring (bicyclic) bond motifs is 1. The third kappa shape index (κ3) is 2.18. The Morgan fingerprint density at radius 2 is 2.15 bits per heavy atom. The molecule has 0 atom stereocenters. The Morgan fingerprint density at radius 3 is 2.95 bits per heavy atom. The molecule has 0 spiro atoms. The highest BCUT2D eigenvalue weighted by Gasteiger charge is 2.14. The van der Waals surface area contributed by atoms with E-state index >= 15 is 0 Å². The molecule has 2 N–H and O–H groups in total. The number of benzene rings is 1. The first-order chi connectivity index (χ1) is 9.70. The van der Waals surface area contributed by atoms with Crippen LogP contribution >= 0.6 is 15.9 Å². The molecule has 0 aliphatic rings. The summed E-state index contributed by atoms with van der Waals surface area (Å²) in [7, 11) is 0. The number of hydrogen-bond donors (Lipinski definition) is 1. The van der Waals surface area contributed by atoms with Crippen LogP contribution in [0.5, 0.6) is 0 Å². The Kier molecular flexibility index (Phi) is 3.44. The molecule has 2 heterocycles. The van der Waals surface area contributed by atoms with Crippen molar-refractivity contribution in [1.82, 2.24) is 14.5 Å². The van der Waals surface area contributed by atoms with Gasteiger partial charge in [0.1, 0.15) is 11.3 Å². The fourth-order valence-corrected chi connectivity index (χ4v) is 2.72. The number of nitrogen functional groups attached to an aromatic ring is 1. The van der Waals surface area contributed by atoms with Gasteiger partial charge in [-0.2, -0.15) is 0 Å². The van der Waals surface area contributed by atoms with E-state index in [0.717, 1.165) is 45.5 Å². The van der Waals surface area contributed by atoms with E-state index in [4.69, 9.17) is 10.7 Å². The van der Waals surface area contributed by atoms with Crippen molar-refractivity contribution in [3.63, 3.8) is 0 Å². The minimum atomic E-state index is 0.730. The monoisotopic (exact) mass is 330 g/mol. The van der Waals surface area contributed by atoms with Gasteiger partial charge in [-0.15, -0.1) is 0 Å². The van der Waals surface area contributed by atoms with Crippen molar-refractivity contribution in [2.24, 2.45) is 0 Å². The number of anilines is 1. The number of hydrogen-bond acceptors (Lipinski definition) is 3. The molecular weight excluding hydrogens is 316 g/mol. The summed E-state index contributed by atoms with van der Waals surface area (Å²) in [6.45, 7) is 3.06. The van der Waals surface area contributed by atoms with E-state index in [2.05, 4.69) is 32.4 Å². The Labute approximate surface area is 125 Å². The summed E-state index contributed by atoms with van der Waals surface area (Å²) < 4.78 is 3.20. The molecule has 3 rings (SSSR count). The summed E-state index contributed by atoms with van der Waals surface area (Å²) in [6, 6.07) is 7.84. The number of pyridine rings is 1. The third-order valence-corrected chi connectivity index (χ3v) is 3.75. The third-order valence-electron chi connectivity index (χ3n) is 3.25. The number of aromatic nitrogens is 3. The van der Waals surface area contributed by atoms with Crippen LogP contribution in [0.2, 0.25) is 0 Å². The van der Waals surface area contributed by atoms with Crippen LogP contribution in [-0.4, -0.2) is 14.5 Å². The first kappa shape index (κ1) is 13.1. The van der Waals surface area contributed by atoms with E-state index in [1.807, 2.05) is 24.3 Å². The molecule has 0 unspecified atom stereocenters. The number of aryl methyl sites for hydroxylation is 1. The summed E-state index contributed by atoms with van der Waals surface area (Å²) >= 11 is 3.50. The van der Waals surface area contributed by atoms with Crippen molar-refractivity contribution in [2.75, 3.05) is 5.73 Å². The molecule has 0 aliphatic heterocycles. The van der Waals surface area contributed by atoms with Crippen LogP contribution in [0.3, 0.4) is 0 Å². The molecule has 2 aromatic heterocycles. The Morgan fingerprint density at radius 1 is 1.30 bits per heavy atom. The molecule has 102 valence electrons. The second kappa shape index (κ2) is 5.25. The summed E-state index contributed by atoms with van der Waals surface area (Å²) in [5.41, 5.74) is 9.79. The van der Waals surface area contributed by atoms with Crippen molar-refractivity contribution >= 4 is 32.7 Å². The van der Waals surface area contributed by atoms with Crippen LogP contribution in [0.15, 0.2) is 41.1 Å². The average molecular weight is 331 g/mol. The summed E-state index contributed by atoms with van der Waals surface area (Å²) in [5, 5.41) is 0. The quantitative estimate of drug-likeness (QED) is 0.742. The van der Waals surface area contributed by atoms with Crippen molar-refractivity contribution < 1.29 is 0 Å². The smallest absolute Gasteiger partial charge is 0.143 e. The second-order valence-electron chi connectivity index (χ2n) is 4.68. The number of nitrogens with zero attached hydrogens (tertiary/aromatic N) is 3. The molecule has 0 fully saturated rings. The predicted octanol–water partition coefficient (Wildman–Crippen LogP) is 3.85. The SMILES string of the molecule is CCCn1c(-c2cc(Br)ccc2N)nc2cnccc21. The number of halogens is 1. The van der Waals surface area contributed by atoms with Gasteiger partial charge in [-0.25, -0.2) is 4.98 Å². The molecule has 1 aromatic carbocycles. The van der Waals surface area contributed by atoms with E-state index in [-0.39, 0.29) is 0 Å². The van der Waals surface area contributed by atoms with Gasteiger partial charge < -0.3 is 10.3 Å². The highest BCUT2D eigenvalue weighted by molar-refractivity contribution is 9.10. The first-order valence-corrected chi connectivity index (χ1v) is 7.35. The van der Waals surface area contributed by atoms with Gasteiger partial charge in [-0.05, 0) is 30.7 Å². The predicted molar refractivity (Wildman–Crippen MR) is 85.4 cm³/mol. The maximum atomic E-state index is 6.12. The van der Waals surface area contributed by atoms with E-state index < -0.39 is 0 Å². The average Bonchev–Trinajstić information content (AvgIpc) is 2.81. The lowest BCUT2D eigenvalue weighted by Crippen LogP contribution is -2.01. The highest BCUT2D eigenvalue weighted by Crippen LogP contribution is 2.31. The minimum Gasteiger partial charge on any atom is -0.398 e. The Hall–Kier alpha value is -1.88. The van der Waals surface area contributed by atoms with Gasteiger partial charge in [0.25, 0.3) is 0 Å².